The second kappa shape index (κ2) is 6.50. The summed E-state index contributed by atoms with van der Waals surface area (Å²) in [5.41, 5.74) is 0.527. The van der Waals surface area contributed by atoms with E-state index >= 15 is 0 Å². The first-order chi connectivity index (χ1) is 7.54. The molecule has 90 valence electrons. The fraction of sp³-hybridized carbons (Fsp3) is 0.500. The molecule has 1 rings (SSSR count). The molecule has 0 radical (unpaired) electrons. The number of hydrogen-bond donors (Lipinski definition) is 0. The van der Waals surface area contributed by atoms with Gasteiger partial charge in [0.05, 0.1) is 6.61 Å². The molecule has 0 aliphatic carbocycles. The first kappa shape index (κ1) is 13.8. The van der Waals surface area contributed by atoms with Crippen LogP contribution in [0.3, 0.4) is 0 Å². The Balaban J connectivity index is 2.54. The summed E-state index contributed by atoms with van der Waals surface area (Å²) in [6.45, 7) is 3.51. The Morgan fingerprint density at radius 1 is 1.31 bits per heavy atom. The van der Waals surface area contributed by atoms with Gasteiger partial charge in [-0.2, -0.15) is 0 Å². The van der Waals surface area contributed by atoms with E-state index in [0.717, 1.165) is 0 Å². The van der Waals surface area contributed by atoms with Crippen LogP contribution >= 0.6 is 34.8 Å². The van der Waals surface area contributed by atoms with E-state index < -0.39 is 3.79 Å². The lowest BCUT2D eigenvalue weighted by Gasteiger charge is -2.12. The smallest absolute Gasteiger partial charge is 0.216 e. The second-order valence-corrected chi connectivity index (χ2v) is 5.21. The molecule has 1 aromatic rings. The van der Waals surface area contributed by atoms with Crippen molar-refractivity contribution in [3.05, 3.63) is 23.9 Å². The van der Waals surface area contributed by atoms with Crippen LogP contribution in [-0.4, -0.2) is 24.8 Å². The van der Waals surface area contributed by atoms with E-state index in [9.17, 15) is 0 Å². The number of aromatic nitrogens is 1. The molecule has 0 aliphatic heterocycles. The Hall–Kier alpha value is -0.220. The van der Waals surface area contributed by atoms with Crippen LogP contribution in [0.15, 0.2) is 18.3 Å². The normalized spacial score (nSPS) is 11.5. The monoisotopic (exact) mass is 283 g/mol. The average Bonchev–Trinajstić information content (AvgIpc) is 2.24. The molecular weight excluding hydrogens is 272 g/mol. The average molecular weight is 285 g/mol. The van der Waals surface area contributed by atoms with Gasteiger partial charge in [0.1, 0.15) is 6.61 Å². The molecule has 6 heteroatoms. The predicted molar refractivity (Wildman–Crippen MR) is 65.5 cm³/mol. The molecule has 0 unspecified atom stereocenters. The maximum atomic E-state index is 5.74. The van der Waals surface area contributed by atoms with Crippen molar-refractivity contribution in [1.82, 2.24) is 4.98 Å². The Morgan fingerprint density at radius 2 is 2.06 bits per heavy atom. The van der Waals surface area contributed by atoms with E-state index in [2.05, 4.69) is 4.98 Å². The Kier molecular flexibility index (Phi) is 5.62. The second-order valence-electron chi connectivity index (χ2n) is 2.93. The highest BCUT2D eigenvalue weighted by Gasteiger charge is 2.23. The molecule has 0 atom stereocenters. The molecule has 0 bridgehead atoms. The molecule has 0 N–H and O–H groups in total. The van der Waals surface area contributed by atoms with Gasteiger partial charge in [-0.3, -0.25) is 0 Å². The fourth-order valence-corrected chi connectivity index (χ4v) is 1.37. The van der Waals surface area contributed by atoms with Crippen LogP contribution in [0.1, 0.15) is 12.5 Å². The molecule has 3 nitrogen and oxygen atoms in total. The van der Waals surface area contributed by atoms with Gasteiger partial charge in [0.15, 0.2) is 0 Å². The van der Waals surface area contributed by atoms with Crippen LogP contribution in [0.25, 0.3) is 0 Å². The van der Waals surface area contributed by atoms with Crippen molar-refractivity contribution in [2.24, 2.45) is 0 Å². The van der Waals surface area contributed by atoms with Gasteiger partial charge < -0.3 is 9.47 Å². The van der Waals surface area contributed by atoms with Crippen LogP contribution in [0.4, 0.5) is 0 Å². The van der Waals surface area contributed by atoms with Crippen molar-refractivity contribution >= 4 is 34.8 Å². The fourth-order valence-electron chi connectivity index (χ4n) is 1.01. The maximum absolute atomic E-state index is 5.74. The van der Waals surface area contributed by atoms with Gasteiger partial charge in [-0.15, -0.1) is 0 Å². The number of alkyl halides is 3. The van der Waals surface area contributed by atoms with Crippen molar-refractivity contribution in [3.8, 4) is 5.88 Å². The summed E-state index contributed by atoms with van der Waals surface area (Å²) >= 11 is 17.2. The summed E-state index contributed by atoms with van der Waals surface area (Å²) < 4.78 is 9.00. The predicted octanol–water partition coefficient (Wildman–Crippen LogP) is 3.32. The van der Waals surface area contributed by atoms with E-state index in [1.54, 1.807) is 12.1 Å². The minimum Gasteiger partial charge on any atom is -0.475 e. The molecule has 0 saturated heterocycles. The largest absolute Gasteiger partial charge is 0.475 e. The number of hydrogen-bond acceptors (Lipinski definition) is 3. The van der Waals surface area contributed by atoms with Crippen LogP contribution in [-0.2, 0) is 8.53 Å². The lowest BCUT2D eigenvalue weighted by molar-refractivity contribution is 0.108. The summed E-state index contributed by atoms with van der Waals surface area (Å²) in [6.07, 6.45) is 1.53. The van der Waals surface area contributed by atoms with Gasteiger partial charge in [-0.05, 0) is 13.0 Å². The van der Waals surface area contributed by atoms with E-state index in [0.29, 0.717) is 31.3 Å². The zero-order valence-corrected chi connectivity index (χ0v) is 11.0. The molecule has 0 aromatic carbocycles. The molecule has 0 saturated carbocycles. The van der Waals surface area contributed by atoms with Crippen LogP contribution in [0.5, 0.6) is 5.88 Å². The highest BCUT2D eigenvalue weighted by Crippen LogP contribution is 2.38. The number of ether oxygens (including phenoxy) is 2. The lowest BCUT2D eigenvalue weighted by atomic mass is 10.3. The van der Waals surface area contributed by atoms with Gasteiger partial charge in [-0.25, -0.2) is 4.98 Å². The minimum absolute atomic E-state index is 0.420. The number of rotatable bonds is 5. The molecule has 0 amide bonds. The molecular formula is C10H12Cl3NO2. The van der Waals surface area contributed by atoms with Crippen LogP contribution < -0.4 is 4.74 Å². The van der Waals surface area contributed by atoms with Crippen molar-refractivity contribution in [2.45, 2.75) is 10.7 Å². The third-order valence-electron chi connectivity index (χ3n) is 1.74. The number of nitrogens with zero attached hydrogens (tertiary/aromatic N) is 1. The third-order valence-corrected chi connectivity index (χ3v) is 2.40. The SMILES string of the molecule is CCOCCOc1cc(C(Cl)(Cl)Cl)ccn1. The molecule has 1 heterocycles. The van der Waals surface area contributed by atoms with Crippen molar-refractivity contribution in [3.63, 3.8) is 0 Å². The van der Waals surface area contributed by atoms with Crippen molar-refractivity contribution < 1.29 is 9.47 Å². The van der Waals surface area contributed by atoms with E-state index in [4.69, 9.17) is 44.3 Å². The summed E-state index contributed by atoms with van der Waals surface area (Å²) in [7, 11) is 0. The van der Waals surface area contributed by atoms with E-state index in [1.807, 2.05) is 6.92 Å². The van der Waals surface area contributed by atoms with Gasteiger partial charge in [0.25, 0.3) is 0 Å². The summed E-state index contributed by atoms with van der Waals surface area (Å²) in [5, 5.41) is 0. The molecule has 0 fully saturated rings. The topological polar surface area (TPSA) is 31.4 Å². The van der Waals surface area contributed by atoms with Gasteiger partial charge in [0.2, 0.25) is 9.67 Å². The third kappa shape index (κ3) is 4.74. The van der Waals surface area contributed by atoms with Crippen LogP contribution in [0, 0.1) is 0 Å². The van der Waals surface area contributed by atoms with Crippen molar-refractivity contribution in [2.75, 3.05) is 19.8 Å². The zero-order chi connectivity index (χ0) is 12.0. The lowest BCUT2D eigenvalue weighted by Crippen LogP contribution is -2.08. The standard InChI is InChI=1S/C10H12Cl3NO2/c1-2-15-5-6-16-9-7-8(3-4-14-9)10(11,12)13/h3-4,7H,2,5-6H2,1H3. The quantitative estimate of drug-likeness (QED) is 0.614. The van der Waals surface area contributed by atoms with Gasteiger partial charge >= 0.3 is 0 Å². The number of pyridine rings is 1. The summed E-state index contributed by atoms with van der Waals surface area (Å²) in [5.74, 6) is 0.420. The van der Waals surface area contributed by atoms with Gasteiger partial charge in [0, 0.05) is 24.4 Å². The Bertz CT molecular complexity index is 328. The summed E-state index contributed by atoms with van der Waals surface area (Å²) in [4.78, 5) is 4.00. The van der Waals surface area contributed by atoms with E-state index in [-0.39, 0.29) is 0 Å². The Morgan fingerprint density at radius 3 is 2.69 bits per heavy atom. The molecule has 0 spiro atoms. The highest BCUT2D eigenvalue weighted by atomic mass is 35.6. The Labute approximate surface area is 110 Å². The van der Waals surface area contributed by atoms with Crippen LogP contribution in [0.2, 0.25) is 0 Å². The summed E-state index contributed by atoms with van der Waals surface area (Å²) in [6, 6.07) is 3.22. The molecule has 1 aromatic heterocycles. The number of halogens is 3. The van der Waals surface area contributed by atoms with Gasteiger partial charge in [-0.1, -0.05) is 34.8 Å². The molecule has 0 aliphatic rings. The highest BCUT2D eigenvalue weighted by molar-refractivity contribution is 6.66. The first-order valence-electron chi connectivity index (χ1n) is 4.78. The zero-order valence-electron chi connectivity index (χ0n) is 8.75. The van der Waals surface area contributed by atoms with Crippen molar-refractivity contribution in [1.29, 1.82) is 0 Å². The minimum atomic E-state index is -1.46. The van der Waals surface area contributed by atoms with E-state index in [1.165, 1.54) is 6.20 Å². The first-order valence-corrected chi connectivity index (χ1v) is 5.91. The molecule has 16 heavy (non-hydrogen) atoms. The maximum Gasteiger partial charge on any atom is 0.216 e.